The van der Waals surface area contributed by atoms with E-state index in [0.29, 0.717) is 23.5 Å². The van der Waals surface area contributed by atoms with E-state index < -0.39 is 0 Å². The first kappa shape index (κ1) is 19.9. The summed E-state index contributed by atoms with van der Waals surface area (Å²) in [5, 5.41) is 6.78. The molecule has 148 valence electrons. The van der Waals surface area contributed by atoms with Gasteiger partial charge in [0.25, 0.3) is 0 Å². The number of nitrogens with one attached hydrogen (secondary N) is 2. The van der Waals surface area contributed by atoms with E-state index in [0.717, 1.165) is 37.8 Å². The van der Waals surface area contributed by atoms with Gasteiger partial charge >= 0.3 is 0 Å². The molecule has 0 aromatic carbocycles. The molecule has 0 unspecified atom stereocenters. The van der Waals surface area contributed by atoms with Crippen LogP contribution in [0.4, 0.5) is 17.6 Å². The number of hydrogen-bond donors (Lipinski definition) is 2. The Bertz CT molecular complexity index is 621. The van der Waals surface area contributed by atoms with Gasteiger partial charge in [-0.05, 0) is 43.8 Å². The van der Waals surface area contributed by atoms with E-state index >= 15 is 0 Å². The fraction of sp³-hybridized carbons (Fsp3) is 0.650. The third kappa shape index (κ3) is 5.79. The molecule has 1 aromatic heterocycles. The van der Waals surface area contributed by atoms with E-state index in [2.05, 4.69) is 40.0 Å². The van der Waals surface area contributed by atoms with Crippen molar-refractivity contribution in [1.82, 2.24) is 15.3 Å². The molecule has 0 amide bonds. The number of nitrogens with zero attached hydrogens (tertiary/aromatic N) is 4. The number of rotatable bonds is 5. The zero-order valence-corrected chi connectivity index (χ0v) is 17.2. The van der Waals surface area contributed by atoms with Crippen molar-refractivity contribution < 1.29 is 0 Å². The second kappa shape index (κ2) is 9.88. The quantitative estimate of drug-likeness (QED) is 0.591. The molecule has 3 rings (SSSR count). The van der Waals surface area contributed by atoms with Crippen LogP contribution in [-0.4, -0.2) is 47.8 Å². The van der Waals surface area contributed by atoms with Crippen molar-refractivity contribution in [2.75, 3.05) is 47.8 Å². The molecule has 1 atom stereocenters. The molecule has 1 aromatic rings. The molecule has 2 fully saturated rings. The molecule has 2 aliphatic rings. The predicted molar refractivity (Wildman–Crippen MR) is 118 cm³/mol. The SMILES string of the molecule is C=CCNC(=S)Nc1nc(N2CCCCCC2)cc(N2CCC[C@@H](C)C2)n1. The molecule has 2 aliphatic heterocycles. The Kier molecular flexibility index (Phi) is 7.26. The molecule has 0 spiro atoms. The molecule has 2 saturated heterocycles. The Labute approximate surface area is 168 Å². The van der Waals surface area contributed by atoms with Crippen molar-refractivity contribution in [2.45, 2.75) is 45.4 Å². The summed E-state index contributed by atoms with van der Waals surface area (Å²) < 4.78 is 0. The summed E-state index contributed by atoms with van der Waals surface area (Å²) in [6, 6.07) is 2.16. The zero-order valence-electron chi connectivity index (χ0n) is 16.4. The van der Waals surface area contributed by atoms with Crippen molar-refractivity contribution in [3.8, 4) is 0 Å². The van der Waals surface area contributed by atoms with Gasteiger partial charge in [-0.25, -0.2) is 0 Å². The average Bonchev–Trinajstić information content (AvgIpc) is 2.95. The minimum absolute atomic E-state index is 0.529. The molecule has 7 heteroatoms. The molecule has 2 N–H and O–H groups in total. The van der Waals surface area contributed by atoms with Crippen LogP contribution in [0.5, 0.6) is 0 Å². The van der Waals surface area contributed by atoms with Gasteiger partial charge < -0.3 is 20.4 Å². The lowest BCUT2D eigenvalue weighted by atomic mass is 10.0. The van der Waals surface area contributed by atoms with Gasteiger partial charge in [0, 0.05) is 38.8 Å². The standard InChI is InChI=1S/C20H32N6S/c1-3-10-21-20(27)24-19-22-17(25-11-6-4-5-7-12-25)14-18(23-19)26-13-8-9-16(2)15-26/h3,14,16H,1,4-13,15H2,2H3,(H2,21,22,23,24,27)/t16-/m1/s1. The summed E-state index contributed by atoms with van der Waals surface area (Å²) in [7, 11) is 0. The monoisotopic (exact) mass is 388 g/mol. The van der Waals surface area contributed by atoms with Crippen LogP contribution in [0.15, 0.2) is 18.7 Å². The van der Waals surface area contributed by atoms with Gasteiger partial charge in [0.05, 0.1) is 0 Å². The van der Waals surface area contributed by atoms with Gasteiger partial charge in [-0.3, -0.25) is 0 Å². The number of aromatic nitrogens is 2. The minimum atomic E-state index is 0.529. The number of hydrogen-bond acceptors (Lipinski definition) is 5. The van der Waals surface area contributed by atoms with E-state index in [9.17, 15) is 0 Å². The second-order valence-corrected chi connectivity index (χ2v) is 8.03. The number of anilines is 3. The molecule has 0 saturated carbocycles. The van der Waals surface area contributed by atoms with Gasteiger partial charge in [-0.1, -0.05) is 25.8 Å². The van der Waals surface area contributed by atoms with E-state index in [1.54, 1.807) is 6.08 Å². The highest BCUT2D eigenvalue weighted by atomic mass is 32.1. The Balaban J connectivity index is 1.84. The van der Waals surface area contributed by atoms with Crippen molar-refractivity contribution in [2.24, 2.45) is 5.92 Å². The summed E-state index contributed by atoms with van der Waals surface area (Å²) in [5.74, 6) is 3.28. The smallest absolute Gasteiger partial charge is 0.232 e. The van der Waals surface area contributed by atoms with Gasteiger partial charge in [0.2, 0.25) is 5.95 Å². The summed E-state index contributed by atoms with van der Waals surface area (Å²) >= 11 is 5.36. The van der Waals surface area contributed by atoms with Crippen molar-refractivity contribution in [1.29, 1.82) is 0 Å². The van der Waals surface area contributed by atoms with Crippen molar-refractivity contribution >= 4 is 34.9 Å². The van der Waals surface area contributed by atoms with Gasteiger partial charge in [0.15, 0.2) is 5.11 Å². The highest BCUT2D eigenvalue weighted by molar-refractivity contribution is 7.80. The van der Waals surface area contributed by atoms with Crippen LogP contribution < -0.4 is 20.4 Å². The topological polar surface area (TPSA) is 56.3 Å². The lowest BCUT2D eigenvalue weighted by Gasteiger charge is -2.33. The van der Waals surface area contributed by atoms with Crippen LogP contribution >= 0.6 is 12.2 Å². The fourth-order valence-corrected chi connectivity index (χ4v) is 3.98. The van der Waals surface area contributed by atoms with Crippen molar-refractivity contribution in [3.63, 3.8) is 0 Å². The normalized spacial score (nSPS) is 20.7. The van der Waals surface area contributed by atoms with Crippen LogP contribution in [0.1, 0.15) is 45.4 Å². The first-order valence-electron chi connectivity index (χ1n) is 10.2. The molecular formula is C20H32N6S. The maximum atomic E-state index is 5.36. The molecule has 27 heavy (non-hydrogen) atoms. The van der Waals surface area contributed by atoms with E-state index in [-0.39, 0.29) is 0 Å². The molecule has 0 aliphatic carbocycles. The lowest BCUT2D eigenvalue weighted by molar-refractivity contribution is 0.444. The zero-order chi connectivity index (χ0) is 19.1. The molecule has 0 bridgehead atoms. The van der Waals surface area contributed by atoms with Crippen LogP contribution in [0.3, 0.4) is 0 Å². The maximum Gasteiger partial charge on any atom is 0.232 e. The fourth-order valence-electron chi connectivity index (χ4n) is 3.81. The van der Waals surface area contributed by atoms with Crippen LogP contribution in [0, 0.1) is 5.92 Å². The Hall–Kier alpha value is -1.89. The average molecular weight is 389 g/mol. The third-order valence-electron chi connectivity index (χ3n) is 5.24. The summed E-state index contributed by atoms with van der Waals surface area (Å²) in [4.78, 5) is 14.4. The first-order chi connectivity index (χ1) is 13.2. The maximum absolute atomic E-state index is 5.36. The van der Waals surface area contributed by atoms with Gasteiger partial charge in [-0.15, -0.1) is 6.58 Å². The van der Waals surface area contributed by atoms with Gasteiger partial charge in [0.1, 0.15) is 11.6 Å². The van der Waals surface area contributed by atoms with Crippen LogP contribution in [-0.2, 0) is 0 Å². The van der Waals surface area contributed by atoms with Crippen molar-refractivity contribution in [3.05, 3.63) is 18.7 Å². The molecular weight excluding hydrogens is 356 g/mol. The first-order valence-corrected chi connectivity index (χ1v) is 10.6. The third-order valence-corrected chi connectivity index (χ3v) is 5.49. The lowest BCUT2D eigenvalue weighted by Crippen LogP contribution is -2.36. The van der Waals surface area contributed by atoms with E-state index in [4.69, 9.17) is 22.2 Å². The molecule has 0 radical (unpaired) electrons. The minimum Gasteiger partial charge on any atom is -0.359 e. The predicted octanol–water partition coefficient (Wildman–Crippen LogP) is 3.57. The highest BCUT2D eigenvalue weighted by Gasteiger charge is 2.21. The second-order valence-electron chi connectivity index (χ2n) is 7.63. The highest BCUT2D eigenvalue weighted by Crippen LogP contribution is 2.27. The van der Waals surface area contributed by atoms with Crippen LogP contribution in [0.2, 0.25) is 0 Å². The summed E-state index contributed by atoms with van der Waals surface area (Å²) in [5.41, 5.74) is 0. The van der Waals surface area contributed by atoms with Gasteiger partial charge in [-0.2, -0.15) is 9.97 Å². The summed E-state index contributed by atoms with van der Waals surface area (Å²) in [6.07, 6.45) is 9.35. The Morgan fingerprint density at radius 2 is 1.81 bits per heavy atom. The largest absolute Gasteiger partial charge is 0.359 e. The molecule has 3 heterocycles. The Morgan fingerprint density at radius 1 is 1.15 bits per heavy atom. The number of thiocarbonyl (C=S) groups is 1. The molecule has 6 nitrogen and oxygen atoms in total. The summed E-state index contributed by atoms with van der Waals surface area (Å²) in [6.45, 7) is 10.9. The van der Waals surface area contributed by atoms with E-state index in [1.807, 2.05) is 0 Å². The van der Waals surface area contributed by atoms with E-state index in [1.165, 1.54) is 38.5 Å². The van der Waals surface area contributed by atoms with Crippen LogP contribution in [0.25, 0.3) is 0 Å². The number of piperidine rings is 1. The Morgan fingerprint density at radius 3 is 2.48 bits per heavy atom.